The molecule has 10 heteroatoms. The largest absolute Gasteiger partial charge is 0.485 e. The highest BCUT2D eigenvalue weighted by Gasteiger charge is 2.23. The monoisotopic (exact) mass is 530 g/mol. The molecule has 2 heterocycles. The number of nitrogens with zero attached hydrogens (tertiary/aromatic N) is 4. The van der Waals surface area contributed by atoms with Crippen molar-refractivity contribution in [3.8, 4) is 17.3 Å². The summed E-state index contributed by atoms with van der Waals surface area (Å²) in [6, 6.07) is 18.9. The number of hydrogen-bond acceptors (Lipinski definition) is 7. The van der Waals surface area contributed by atoms with Crippen molar-refractivity contribution in [3.05, 3.63) is 97.8 Å². The molecular formula is C28H23ClN4O5. The summed E-state index contributed by atoms with van der Waals surface area (Å²) in [5.41, 5.74) is 0.472. The van der Waals surface area contributed by atoms with Crippen molar-refractivity contribution in [1.29, 1.82) is 0 Å². The molecule has 5 aromatic rings. The quantitative estimate of drug-likeness (QED) is 0.137. The van der Waals surface area contributed by atoms with Crippen molar-refractivity contribution in [2.45, 2.75) is 20.8 Å². The summed E-state index contributed by atoms with van der Waals surface area (Å²) in [6.45, 7) is 6.08. The van der Waals surface area contributed by atoms with Crippen LogP contribution >= 0.6 is 11.6 Å². The van der Waals surface area contributed by atoms with Gasteiger partial charge in [-0.1, -0.05) is 62.7 Å². The fraction of sp³-hybridized carbons (Fsp3) is 0.179. The van der Waals surface area contributed by atoms with E-state index in [0.29, 0.717) is 27.8 Å². The molecule has 0 saturated heterocycles. The first-order valence-electron chi connectivity index (χ1n) is 11.8. The van der Waals surface area contributed by atoms with Gasteiger partial charge in [0.05, 0.1) is 33.7 Å². The van der Waals surface area contributed by atoms with Crippen LogP contribution in [0.1, 0.15) is 26.3 Å². The van der Waals surface area contributed by atoms with Crippen molar-refractivity contribution in [2.75, 3.05) is 6.61 Å². The molecule has 0 saturated carbocycles. The standard InChI is InChI=1S/C28H23ClN4O5/c1-28(2,3)16-37-25-20(29)12-17(13-22(25)33(35)36)15-30-32-26(24-14-18-8-4-7-11-23(18)38-24)31-21-10-6-5-9-19(21)27(32)34/h4-15H,16H2,1-3H3. The molecule has 38 heavy (non-hydrogen) atoms. The van der Waals surface area contributed by atoms with Gasteiger partial charge >= 0.3 is 5.69 Å². The molecule has 0 aliphatic heterocycles. The molecule has 192 valence electrons. The van der Waals surface area contributed by atoms with Crippen LogP contribution in [0.5, 0.6) is 5.75 Å². The van der Waals surface area contributed by atoms with E-state index in [9.17, 15) is 14.9 Å². The second-order valence-corrected chi connectivity index (χ2v) is 10.3. The molecule has 0 atom stereocenters. The molecule has 0 N–H and O–H groups in total. The minimum Gasteiger partial charge on any atom is -0.485 e. The third kappa shape index (κ3) is 5.01. The molecule has 2 aromatic heterocycles. The number of hydrogen-bond donors (Lipinski definition) is 0. The van der Waals surface area contributed by atoms with E-state index in [0.717, 1.165) is 10.1 Å². The molecule has 5 rings (SSSR count). The normalized spacial score (nSPS) is 12.0. The fourth-order valence-electron chi connectivity index (χ4n) is 3.85. The molecule has 0 spiro atoms. The molecule has 9 nitrogen and oxygen atoms in total. The highest BCUT2D eigenvalue weighted by molar-refractivity contribution is 6.32. The molecule has 0 fully saturated rings. The third-order valence-corrected chi connectivity index (χ3v) is 5.90. The minimum atomic E-state index is -0.565. The second-order valence-electron chi connectivity index (χ2n) is 9.92. The Kier molecular flexibility index (Phi) is 6.46. The van der Waals surface area contributed by atoms with Crippen molar-refractivity contribution < 1.29 is 14.1 Å². The molecule has 0 aliphatic rings. The number of rotatable bonds is 6. The number of nitro groups is 1. The lowest BCUT2D eigenvalue weighted by Crippen LogP contribution is -2.20. The van der Waals surface area contributed by atoms with Gasteiger partial charge in [0.15, 0.2) is 5.76 Å². The summed E-state index contributed by atoms with van der Waals surface area (Å²) in [4.78, 5) is 29.3. The topological polar surface area (TPSA) is 113 Å². The Labute approximate surface area is 222 Å². The number of aromatic nitrogens is 2. The van der Waals surface area contributed by atoms with E-state index in [2.05, 4.69) is 10.1 Å². The van der Waals surface area contributed by atoms with Crippen LogP contribution in [0, 0.1) is 15.5 Å². The van der Waals surface area contributed by atoms with Crippen molar-refractivity contribution in [2.24, 2.45) is 10.5 Å². The van der Waals surface area contributed by atoms with Crippen molar-refractivity contribution in [3.63, 3.8) is 0 Å². The lowest BCUT2D eigenvalue weighted by Gasteiger charge is -2.19. The fourth-order valence-corrected chi connectivity index (χ4v) is 4.13. The Morgan fingerprint density at radius 1 is 1.13 bits per heavy atom. The summed E-state index contributed by atoms with van der Waals surface area (Å²) in [5.74, 6) is 0.518. The van der Waals surface area contributed by atoms with Crippen LogP contribution in [0.15, 0.2) is 81.0 Å². The van der Waals surface area contributed by atoms with Crippen LogP contribution < -0.4 is 10.3 Å². The molecule has 3 aromatic carbocycles. The number of ether oxygens (including phenoxy) is 1. The van der Waals surface area contributed by atoms with Gasteiger partial charge in [-0.15, -0.1) is 0 Å². The minimum absolute atomic E-state index is 0.0174. The van der Waals surface area contributed by atoms with Crippen LogP contribution in [0.4, 0.5) is 5.69 Å². The van der Waals surface area contributed by atoms with Crippen LogP contribution in [0.25, 0.3) is 33.5 Å². The van der Waals surface area contributed by atoms with Gasteiger partial charge < -0.3 is 9.15 Å². The Morgan fingerprint density at radius 2 is 1.87 bits per heavy atom. The number of benzene rings is 3. The lowest BCUT2D eigenvalue weighted by molar-refractivity contribution is -0.385. The van der Waals surface area contributed by atoms with Crippen LogP contribution in [0.3, 0.4) is 0 Å². The summed E-state index contributed by atoms with van der Waals surface area (Å²) >= 11 is 6.38. The smallest absolute Gasteiger partial charge is 0.313 e. The number of para-hydroxylation sites is 2. The molecule has 0 radical (unpaired) electrons. The average Bonchev–Trinajstić information content (AvgIpc) is 3.30. The van der Waals surface area contributed by atoms with Gasteiger partial charge in [-0.05, 0) is 35.7 Å². The zero-order valence-corrected chi connectivity index (χ0v) is 21.6. The van der Waals surface area contributed by atoms with Crippen molar-refractivity contribution in [1.82, 2.24) is 9.66 Å². The summed E-state index contributed by atoms with van der Waals surface area (Å²) in [7, 11) is 0. The van der Waals surface area contributed by atoms with Gasteiger partial charge in [0.2, 0.25) is 11.6 Å². The summed E-state index contributed by atoms with van der Waals surface area (Å²) < 4.78 is 12.8. The first-order chi connectivity index (χ1) is 18.1. The van der Waals surface area contributed by atoms with E-state index in [-0.39, 0.29) is 34.3 Å². The van der Waals surface area contributed by atoms with E-state index >= 15 is 0 Å². The molecule has 0 aliphatic carbocycles. The number of furan rings is 1. The van der Waals surface area contributed by atoms with Gasteiger partial charge in [0.25, 0.3) is 5.56 Å². The second kappa shape index (κ2) is 9.75. The predicted molar refractivity (Wildman–Crippen MR) is 147 cm³/mol. The number of fused-ring (bicyclic) bond motifs is 2. The third-order valence-electron chi connectivity index (χ3n) is 5.61. The van der Waals surface area contributed by atoms with E-state index in [1.54, 1.807) is 30.3 Å². The van der Waals surface area contributed by atoms with Crippen LogP contribution in [0.2, 0.25) is 5.02 Å². The Balaban J connectivity index is 1.63. The molecule has 0 amide bonds. The van der Waals surface area contributed by atoms with Crippen molar-refractivity contribution >= 4 is 45.4 Å². The first kappa shape index (κ1) is 25.2. The lowest BCUT2D eigenvalue weighted by atomic mass is 9.99. The average molecular weight is 531 g/mol. The van der Waals surface area contributed by atoms with E-state index in [1.807, 2.05) is 45.0 Å². The molecule has 0 unspecified atom stereocenters. The van der Waals surface area contributed by atoms with E-state index in [4.69, 9.17) is 20.8 Å². The molecule has 0 bridgehead atoms. The maximum atomic E-state index is 13.4. The number of halogens is 1. The Hall–Kier alpha value is -4.50. The summed E-state index contributed by atoms with van der Waals surface area (Å²) in [6.07, 6.45) is 1.32. The van der Waals surface area contributed by atoms with E-state index < -0.39 is 10.5 Å². The van der Waals surface area contributed by atoms with Crippen LogP contribution in [-0.4, -0.2) is 27.4 Å². The highest BCUT2D eigenvalue weighted by atomic mass is 35.5. The van der Waals surface area contributed by atoms with E-state index in [1.165, 1.54) is 18.3 Å². The van der Waals surface area contributed by atoms with Gasteiger partial charge in [-0.2, -0.15) is 9.78 Å². The predicted octanol–water partition coefficient (Wildman–Crippen LogP) is 6.68. The maximum Gasteiger partial charge on any atom is 0.313 e. The SMILES string of the molecule is CC(C)(C)COc1c(Cl)cc(C=Nn2c(-c3cc4ccccc4o3)nc3ccccc3c2=O)cc1[N+](=O)[O-]. The maximum absolute atomic E-state index is 13.4. The Bertz CT molecular complexity index is 1750. The van der Waals surface area contributed by atoms with Gasteiger partial charge in [0, 0.05) is 17.0 Å². The zero-order chi connectivity index (χ0) is 27.0. The van der Waals surface area contributed by atoms with Gasteiger partial charge in [-0.3, -0.25) is 14.9 Å². The zero-order valence-electron chi connectivity index (χ0n) is 20.8. The number of nitro benzene ring substituents is 1. The Morgan fingerprint density at radius 3 is 2.61 bits per heavy atom. The van der Waals surface area contributed by atoms with Crippen LogP contribution in [-0.2, 0) is 0 Å². The molecular weight excluding hydrogens is 508 g/mol. The summed E-state index contributed by atoms with van der Waals surface area (Å²) in [5, 5.41) is 17.4. The highest BCUT2D eigenvalue weighted by Crippen LogP contribution is 2.37. The first-order valence-corrected chi connectivity index (χ1v) is 12.1. The van der Waals surface area contributed by atoms with Gasteiger partial charge in [-0.25, -0.2) is 4.98 Å². The van der Waals surface area contributed by atoms with Gasteiger partial charge in [0.1, 0.15) is 5.58 Å².